The average Bonchev–Trinajstić information content (AvgIpc) is 2.81. The molecule has 3 aromatic rings. The van der Waals surface area contributed by atoms with Crippen LogP contribution in [0.15, 0.2) is 61.1 Å². The van der Waals surface area contributed by atoms with Crippen LogP contribution in [0, 0.1) is 0 Å². The van der Waals surface area contributed by atoms with E-state index >= 15 is 0 Å². The van der Waals surface area contributed by atoms with Crippen molar-refractivity contribution in [2.45, 2.75) is 0 Å². The van der Waals surface area contributed by atoms with Crippen molar-refractivity contribution in [3.8, 4) is 11.3 Å². The summed E-state index contributed by atoms with van der Waals surface area (Å²) in [5.41, 5.74) is 3.06. The van der Waals surface area contributed by atoms with Crippen molar-refractivity contribution in [1.82, 2.24) is 30.1 Å². The molecule has 0 atom stereocenters. The van der Waals surface area contributed by atoms with Gasteiger partial charge in [-0.1, -0.05) is 6.07 Å². The Morgan fingerprint density at radius 1 is 1.06 bits per heavy atom. The van der Waals surface area contributed by atoms with E-state index in [1.807, 2.05) is 42.5 Å². The third-order valence-electron chi connectivity index (χ3n) is 5.30. The summed E-state index contributed by atoms with van der Waals surface area (Å²) in [5.74, 6) is 0.386. The molecule has 8 nitrogen and oxygen atoms in total. The Balaban J connectivity index is 1.34. The number of carbonyl (C=O) groups excluding carboxylic acids is 1. The molecule has 0 saturated carbocycles. The Kier molecular flexibility index (Phi) is 6.81. The van der Waals surface area contributed by atoms with E-state index in [4.69, 9.17) is 0 Å². The Bertz CT molecular complexity index is 1000. The van der Waals surface area contributed by atoms with Crippen molar-refractivity contribution in [3.05, 3.63) is 66.6 Å². The molecule has 2 aromatic heterocycles. The zero-order valence-electron chi connectivity index (χ0n) is 17.7. The molecule has 8 heteroatoms. The van der Waals surface area contributed by atoms with Crippen LogP contribution in [0.2, 0.25) is 0 Å². The quantitative estimate of drug-likeness (QED) is 0.610. The van der Waals surface area contributed by atoms with Gasteiger partial charge >= 0.3 is 0 Å². The fourth-order valence-electron chi connectivity index (χ4n) is 3.46. The molecular formula is C23H27N7O. The standard InChI is InChI=1S/C23H27N7O/c1-29-12-14-30(15-13-29)11-10-25-22(31)18-4-2-6-20(16-18)27-23-26-9-7-21(28-23)19-5-3-8-24-17-19/h2-9,16-17H,10-15H2,1H3,(H,25,31)(H,26,27,28). The van der Waals surface area contributed by atoms with Gasteiger partial charge in [-0.15, -0.1) is 0 Å². The monoisotopic (exact) mass is 417 g/mol. The number of nitrogens with zero attached hydrogens (tertiary/aromatic N) is 5. The number of anilines is 2. The van der Waals surface area contributed by atoms with Crippen LogP contribution in [-0.4, -0.2) is 77.0 Å². The highest BCUT2D eigenvalue weighted by Gasteiger charge is 2.14. The lowest BCUT2D eigenvalue weighted by molar-refractivity contribution is 0.0941. The van der Waals surface area contributed by atoms with Crippen molar-refractivity contribution in [3.63, 3.8) is 0 Å². The molecule has 4 rings (SSSR count). The predicted octanol–water partition coefficient (Wildman–Crippen LogP) is 2.26. The lowest BCUT2D eigenvalue weighted by Gasteiger charge is -2.32. The Morgan fingerprint density at radius 2 is 1.94 bits per heavy atom. The molecule has 1 aliphatic rings. The number of amides is 1. The normalized spacial score (nSPS) is 14.9. The molecule has 2 N–H and O–H groups in total. The summed E-state index contributed by atoms with van der Waals surface area (Å²) in [6.07, 6.45) is 5.19. The van der Waals surface area contributed by atoms with Gasteiger partial charge in [0.25, 0.3) is 5.91 Å². The Morgan fingerprint density at radius 3 is 2.74 bits per heavy atom. The fraction of sp³-hybridized carbons (Fsp3) is 0.304. The van der Waals surface area contributed by atoms with E-state index in [0.717, 1.165) is 49.7 Å². The number of hydrogen-bond acceptors (Lipinski definition) is 7. The number of likely N-dealkylation sites (N-methyl/N-ethyl adjacent to an activating group) is 1. The van der Waals surface area contributed by atoms with Gasteiger partial charge in [0.15, 0.2) is 0 Å². The molecule has 1 fully saturated rings. The zero-order chi connectivity index (χ0) is 21.5. The van der Waals surface area contributed by atoms with Gasteiger partial charge in [-0.25, -0.2) is 9.97 Å². The van der Waals surface area contributed by atoms with Crippen molar-refractivity contribution in [2.75, 3.05) is 51.6 Å². The third-order valence-corrected chi connectivity index (χ3v) is 5.30. The number of benzene rings is 1. The highest BCUT2D eigenvalue weighted by Crippen LogP contribution is 2.19. The van der Waals surface area contributed by atoms with E-state index in [1.54, 1.807) is 18.6 Å². The maximum Gasteiger partial charge on any atom is 0.251 e. The molecule has 0 spiro atoms. The number of pyridine rings is 1. The van der Waals surface area contributed by atoms with Gasteiger partial charge in [0.1, 0.15) is 0 Å². The van der Waals surface area contributed by atoms with E-state index in [-0.39, 0.29) is 5.91 Å². The van der Waals surface area contributed by atoms with Crippen LogP contribution in [0.1, 0.15) is 10.4 Å². The van der Waals surface area contributed by atoms with E-state index < -0.39 is 0 Å². The first-order chi connectivity index (χ1) is 15.2. The van der Waals surface area contributed by atoms with Crippen LogP contribution < -0.4 is 10.6 Å². The smallest absolute Gasteiger partial charge is 0.251 e. The second-order valence-corrected chi connectivity index (χ2v) is 7.61. The zero-order valence-corrected chi connectivity index (χ0v) is 17.7. The number of piperazine rings is 1. The molecule has 1 aromatic carbocycles. The lowest BCUT2D eigenvalue weighted by atomic mass is 10.2. The second-order valence-electron chi connectivity index (χ2n) is 7.61. The molecule has 1 amide bonds. The first-order valence-electron chi connectivity index (χ1n) is 10.5. The summed E-state index contributed by atoms with van der Waals surface area (Å²) in [7, 11) is 2.14. The number of rotatable bonds is 7. The average molecular weight is 418 g/mol. The van der Waals surface area contributed by atoms with E-state index in [9.17, 15) is 4.79 Å². The molecule has 1 aliphatic heterocycles. The maximum absolute atomic E-state index is 12.6. The summed E-state index contributed by atoms with van der Waals surface area (Å²) in [6.45, 7) is 5.74. The van der Waals surface area contributed by atoms with Gasteiger partial charge in [0.05, 0.1) is 5.69 Å². The van der Waals surface area contributed by atoms with Gasteiger partial charge in [0.2, 0.25) is 5.95 Å². The Labute approximate surface area is 182 Å². The topological polar surface area (TPSA) is 86.3 Å². The van der Waals surface area contributed by atoms with Crippen LogP contribution in [0.3, 0.4) is 0 Å². The van der Waals surface area contributed by atoms with Gasteiger partial charge in [-0.05, 0) is 43.4 Å². The van der Waals surface area contributed by atoms with E-state index in [2.05, 4.69) is 42.4 Å². The van der Waals surface area contributed by atoms with Crippen LogP contribution in [0.25, 0.3) is 11.3 Å². The minimum Gasteiger partial charge on any atom is -0.351 e. The molecule has 3 heterocycles. The fourth-order valence-corrected chi connectivity index (χ4v) is 3.46. The van der Waals surface area contributed by atoms with Gasteiger partial charge in [-0.3, -0.25) is 14.7 Å². The van der Waals surface area contributed by atoms with Crippen LogP contribution in [0.5, 0.6) is 0 Å². The predicted molar refractivity (Wildman–Crippen MR) is 121 cm³/mol. The molecule has 1 saturated heterocycles. The second kappa shape index (κ2) is 10.1. The summed E-state index contributed by atoms with van der Waals surface area (Å²) in [6, 6.07) is 13.0. The largest absolute Gasteiger partial charge is 0.351 e. The van der Waals surface area contributed by atoms with Crippen molar-refractivity contribution in [1.29, 1.82) is 0 Å². The highest BCUT2D eigenvalue weighted by atomic mass is 16.1. The maximum atomic E-state index is 12.6. The summed E-state index contributed by atoms with van der Waals surface area (Å²) >= 11 is 0. The van der Waals surface area contributed by atoms with E-state index in [1.165, 1.54) is 0 Å². The number of carbonyl (C=O) groups is 1. The first kappa shape index (κ1) is 20.9. The summed E-state index contributed by atoms with van der Waals surface area (Å²) in [4.78, 5) is 30.3. The number of nitrogens with one attached hydrogen (secondary N) is 2. The first-order valence-corrected chi connectivity index (χ1v) is 10.5. The van der Waals surface area contributed by atoms with Gasteiger partial charge < -0.3 is 15.5 Å². The van der Waals surface area contributed by atoms with Gasteiger partial charge in [0, 0.05) is 74.7 Å². The molecule has 0 bridgehead atoms. The van der Waals surface area contributed by atoms with Crippen molar-refractivity contribution < 1.29 is 4.79 Å². The summed E-state index contributed by atoms with van der Waals surface area (Å²) < 4.78 is 0. The van der Waals surface area contributed by atoms with Crippen LogP contribution in [-0.2, 0) is 0 Å². The number of aromatic nitrogens is 3. The molecule has 0 unspecified atom stereocenters. The Hall–Kier alpha value is -3.36. The minimum absolute atomic E-state index is 0.0807. The molecule has 0 radical (unpaired) electrons. The highest BCUT2D eigenvalue weighted by molar-refractivity contribution is 5.95. The minimum atomic E-state index is -0.0807. The van der Waals surface area contributed by atoms with Crippen molar-refractivity contribution in [2.24, 2.45) is 0 Å². The van der Waals surface area contributed by atoms with Gasteiger partial charge in [-0.2, -0.15) is 0 Å². The molecule has 0 aliphatic carbocycles. The van der Waals surface area contributed by atoms with E-state index in [0.29, 0.717) is 18.1 Å². The SMILES string of the molecule is CN1CCN(CCNC(=O)c2cccc(Nc3nccc(-c4cccnc4)n3)c2)CC1. The molecule has 31 heavy (non-hydrogen) atoms. The number of hydrogen-bond donors (Lipinski definition) is 2. The van der Waals surface area contributed by atoms with Crippen LogP contribution in [0.4, 0.5) is 11.6 Å². The summed E-state index contributed by atoms with van der Waals surface area (Å²) in [5, 5.41) is 6.20. The molecule has 160 valence electrons. The third kappa shape index (κ3) is 5.84. The van der Waals surface area contributed by atoms with Crippen molar-refractivity contribution >= 4 is 17.5 Å². The van der Waals surface area contributed by atoms with Crippen LogP contribution >= 0.6 is 0 Å². The molecular weight excluding hydrogens is 390 g/mol. The lowest BCUT2D eigenvalue weighted by Crippen LogP contribution is -2.46.